The van der Waals surface area contributed by atoms with E-state index in [1.54, 1.807) is 109 Å². The summed E-state index contributed by atoms with van der Waals surface area (Å²) in [5, 5.41) is -1.27. The molecule has 0 fully saturated rings. The number of fused-ring (bicyclic) bond motifs is 16. The molecule has 15 aromatic carbocycles. The lowest BCUT2D eigenvalue weighted by Crippen LogP contribution is -2.61. The van der Waals surface area contributed by atoms with E-state index in [2.05, 4.69) is 0 Å². The monoisotopic (exact) mass is 1260 g/mol. The van der Waals surface area contributed by atoms with Gasteiger partial charge in [-0.15, -0.1) is 0 Å². The summed E-state index contributed by atoms with van der Waals surface area (Å²) in [6, 6.07) is 25.3. The zero-order valence-electron chi connectivity index (χ0n) is 82.2. The van der Waals surface area contributed by atoms with Crippen molar-refractivity contribution < 1.29 is 43.9 Å². The molecule has 0 saturated carbocycles. The highest BCUT2D eigenvalue weighted by atomic mass is 15.2. The molecule has 0 N–H and O–H groups in total. The van der Waals surface area contributed by atoms with Crippen molar-refractivity contribution in [1.29, 1.82) is 0 Å². The maximum atomic E-state index is 9.68. The minimum Gasteiger partial charge on any atom is -0.311 e. The summed E-state index contributed by atoms with van der Waals surface area (Å²) in [5.74, 6) is 0. The predicted octanol–water partition coefficient (Wildman–Crippen LogP) is 21.5. The molecule has 6 nitrogen and oxygen atoms in total. The predicted molar refractivity (Wildman–Crippen MR) is 409 cm³/mol. The Morgan fingerprint density at radius 1 is 0.227 bits per heavy atom. The molecule has 0 saturated heterocycles. The largest absolute Gasteiger partial charge is 0.311 e. The molecule has 6 heterocycles. The average molecular weight is 1270 g/mol. The Morgan fingerprint density at radius 3 is 0.794 bits per heavy atom. The molecule has 0 unspecified atom stereocenters. The number of nitrogens with zero attached hydrogens (tertiary/aromatic N) is 6. The van der Waals surface area contributed by atoms with Gasteiger partial charge in [0.1, 0.15) is 0 Å². The van der Waals surface area contributed by atoms with Crippen LogP contribution >= 0.6 is 0 Å². The minimum absolute atomic E-state index is 0.110. The molecule has 0 bridgehead atoms. The fraction of sp³-hybridized carbons (Fsp3) is 0. The van der Waals surface area contributed by atoms with Gasteiger partial charge in [0.2, 0.25) is 0 Å². The second kappa shape index (κ2) is 20.8. The van der Waals surface area contributed by atoms with E-state index in [1.165, 1.54) is 18.3 Å². The molecule has 2 aliphatic heterocycles. The van der Waals surface area contributed by atoms with Gasteiger partial charge in [-0.1, -0.05) is 224 Å². The van der Waals surface area contributed by atoms with Crippen molar-refractivity contribution >= 4 is 144 Å². The molecular weight excluding hydrogens is 1180 g/mol. The maximum absolute atomic E-state index is 9.68. The van der Waals surface area contributed by atoms with E-state index < -0.39 is 200 Å². The lowest BCUT2D eigenvalue weighted by atomic mass is 9.33. The van der Waals surface area contributed by atoms with Gasteiger partial charge in [0.25, 0.3) is 6.71 Å². The van der Waals surface area contributed by atoms with Gasteiger partial charge in [0.05, 0.1) is 99.4 Å². The van der Waals surface area contributed by atoms with Crippen LogP contribution < -0.4 is 26.2 Å². The number of hydrogen-bond donors (Lipinski definition) is 0. The Hall–Kier alpha value is -12.8. The molecule has 97 heavy (non-hydrogen) atoms. The third-order valence-electron chi connectivity index (χ3n) is 18.8. The Balaban J connectivity index is 0.847. The van der Waals surface area contributed by atoms with Crippen molar-refractivity contribution in [3.05, 3.63) is 345 Å². The van der Waals surface area contributed by atoms with Gasteiger partial charge >= 0.3 is 0 Å². The van der Waals surface area contributed by atoms with E-state index >= 15 is 0 Å². The summed E-state index contributed by atoms with van der Waals surface area (Å²) in [7, 11) is 0. The molecule has 0 amide bonds. The number of anilines is 6. The van der Waals surface area contributed by atoms with Crippen LogP contribution in [0.4, 0.5) is 34.1 Å². The van der Waals surface area contributed by atoms with Crippen LogP contribution in [0.3, 0.4) is 0 Å². The summed E-state index contributed by atoms with van der Waals surface area (Å²) < 4.78 is 299. The second-order valence-electron chi connectivity index (χ2n) is 23.6. The van der Waals surface area contributed by atoms with Gasteiger partial charge in [-0.2, -0.15) is 0 Å². The van der Waals surface area contributed by atoms with Crippen LogP contribution in [0.15, 0.2) is 345 Å². The molecule has 21 rings (SSSR count). The van der Waals surface area contributed by atoms with Crippen LogP contribution in [0.25, 0.3) is 132 Å². The third-order valence-corrected chi connectivity index (χ3v) is 18.8. The number of rotatable bonds is 8. The number of aromatic nitrogens is 4. The topological polar surface area (TPSA) is 26.2 Å². The van der Waals surface area contributed by atoms with Gasteiger partial charge in [-0.05, 0) is 149 Å². The van der Waals surface area contributed by atoms with Crippen LogP contribution in [0.2, 0.25) is 0 Å². The second-order valence-corrected chi connectivity index (χ2v) is 23.6. The molecule has 7 heteroatoms. The fourth-order valence-corrected chi connectivity index (χ4v) is 14.8. The average Bonchev–Trinajstić information content (AvgIpc) is 1.07. The minimum atomic E-state index is -0.918. The zero-order chi connectivity index (χ0) is 91.2. The highest BCUT2D eigenvalue weighted by Crippen LogP contribution is 2.50. The lowest BCUT2D eigenvalue weighted by Gasteiger charge is -2.45. The van der Waals surface area contributed by atoms with Crippen molar-refractivity contribution in [3.63, 3.8) is 0 Å². The Morgan fingerprint density at radius 2 is 0.485 bits per heavy atom. The molecular formula is C90H57BN6. The zero-order valence-corrected chi connectivity index (χ0v) is 50.2. The quantitative estimate of drug-likeness (QED) is 0.142. The molecule has 4 aromatic heterocycles. The van der Waals surface area contributed by atoms with Gasteiger partial charge in [-0.3, -0.25) is 0 Å². The summed E-state index contributed by atoms with van der Waals surface area (Å²) in [5.41, 5.74) is 6.06. The van der Waals surface area contributed by atoms with Gasteiger partial charge in [0, 0.05) is 99.7 Å². The van der Waals surface area contributed by atoms with Gasteiger partial charge in [0.15, 0.2) is 0 Å². The Bertz CT molecular complexity index is 7700. The van der Waals surface area contributed by atoms with Crippen LogP contribution in [-0.2, 0) is 0 Å². The SMILES string of the molecule is [2H]c1c([2H])c([2H])c2c(c1[2H])c1c([2H])c([2H])c([2H])c([2H])c1n2-c1ccc(-c2ccccc2N2c3cc(-n4c5c([2H])c([2H])c([2H])c([2H])c5c5c([2H])c([2H])c([2H])c([2H])c54)ccc3B3c4ccc(-n5c6c([2H])c([2H])c([2H])c([2H])c6c6c([2H])c([2H])c([2H])c([2H])c65)cc4N(c4ccccc4-c4ccc(-n5c6c([2H])c([2H])c([2H])c([2H])c6c6c([2H])c([2H])c([2H])c([2H])c65)cc4)c4cccc2c43)cc1. The summed E-state index contributed by atoms with van der Waals surface area (Å²) >= 11 is 0. The summed E-state index contributed by atoms with van der Waals surface area (Å²) in [6.07, 6.45) is 0. The maximum Gasteiger partial charge on any atom is 0.252 e. The van der Waals surface area contributed by atoms with E-state index in [1.807, 2.05) is 52.3 Å². The molecule has 0 atom stereocenters. The van der Waals surface area contributed by atoms with Crippen molar-refractivity contribution in [2.75, 3.05) is 9.80 Å². The third kappa shape index (κ3) is 7.79. The molecule has 0 aliphatic carbocycles. The number of para-hydroxylation sites is 10. The van der Waals surface area contributed by atoms with Crippen LogP contribution in [0.1, 0.15) is 43.9 Å². The standard InChI is InChI=1S/C90H57BN6/c1-11-32-76(64(22-1)58-44-48-60(49-45-58)92-78-34-13-3-24-66(78)67-25-4-14-35-79(67)92)96-86-42-21-43-87-90(86)91(74-54-52-62(56-88(74)96)94-82-38-17-7-28-70(82)71-29-8-18-39-83(71)94)75-55-53-63(95-84-40-19-9-30-72(84)73-31-10-20-41-85(73)95)57-89(75)97(87)77-33-12-2-23-65(77)59-46-50-61(51-47-59)93-80-36-15-5-26-68(80)69-27-6-16-37-81(69)93/h1-57H/i3D,4D,5D,6D,7D,8D,9D,10D,13D,14D,15D,16D,17D,18D,19D,20D,24D,25D,26D,27D,28D,29D,30D,31D,34D,35D,36D,37D,38D,39D,40D,41D. The number of hydrogen-bond acceptors (Lipinski definition) is 2. The van der Waals surface area contributed by atoms with Gasteiger partial charge < -0.3 is 28.1 Å². The van der Waals surface area contributed by atoms with E-state index in [0.717, 1.165) is 0 Å². The molecule has 0 radical (unpaired) electrons. The van der Waals surface area contributed by atoms with Crippen molar-refractivity contribution in [3.8, 4) is 45.0 Å². The first-order chi connectivity index (χ1) is 61.5. The van der Waals surface area contributed by atoms with Crippen LogP contribution in [0, 0.1) is 0 Å². The molecule has 19 aromatic rings. The van der Waals surface area contributed by atoms with E-state index in [-0.39, 0.29) is 110 Å². The molecule has 2 aliphatic rings. The van der Waals surface area contributed by atoms with Crippen molar-refractivity contribution in [2.45, 2.75) is 0 Å². The lowest BCUT2D eigenvalue weighted by molar-refractivity contribution is 1.16. The van der Waals surface area contributed by atoms with E-state index in [9.17, 15) is 16.4 Å². The number of benzene rings is 15. The first-order valence-corrected chi connectivity index (χ1v) is 30.9. The Kier molecular flexibility index (Phi) is 6.74. The van der Waals surface area contributed by atoms with E-state index in [4.69, 9.17) is 27.4 Å². The molecule has 0 spiro atoms. The first-order valence-electron chi connectivity index (χ1n) is 46.9. The first kappa shape index (κ1) is 31.4. The summed E-state index contributed by atoms with van der Waals surface area (Å²) in [6.45, 7) is -0.918. The fourth-order valence-electron chi connectivity index (χ4n) is 14.8. The van der Waals surface area contributed by atoms with Gasteiger partial charge in [-0.25, -0.2) is 0 Å². The Labute approximate surface area is 604 Å². The summed E-state index contributed by atoms with van der Waals surface area (Å²) in [4.78, 5) is 3.96. The van der Waals surface area contributed by atoms with Crippen molar-refractivity contribution in [2.24, 2.45) is 0 Å². The van der Waals surface area contributed by atoms with Crippen LogP contribution in [0.5, 0.6) is 0 Å². The highest BCUT2D eigenvalue weighted by molar-refractivity contribution is 7.00. The van der Waals surface area contributed by atoms with Crippen molar-refractivity contribution in [1.82, 2.24) is 18.3 Å². The smallest absolute Gasteiger partial charge is 0.252 e. The van der Waals surface area contributed by atoms with E-state index in [0.29, 0.717) is 72.8 Å². The molecule has 450 valence electrons. The normalized spacial score (nSPS) is 17.3. The highest BCUT2D eigenvalue weighted by Gasteiger charge is 2.44. The van der Waals surface area contributed by atoms with Crippen LogP contribution in [-0.4, -0.2) is 25.0 Å².